The Morgan fingerprint density at radius 1 is 1.11 bits per heavy atom. The van der Waals surface area contributed by atoms with Crippen molar-refractivity contribution >= 4 is 11.6 Å². The summed E-state index contributed by atoms with van der Waals surface area (Å²) in [6.07, 6.45) is 15.3. The molecule has 2 heteroatoms. The zero-order valence-corrected chi connectivity index (χ0v) is 12.1. The second-order valence-corrected chi connectivity index (χ2v) is 6.99. The third kappa shape index (κ3) is 2.77. The van der Waals surface area contributed by atoms with Gasteiger partial charge in [-0.2, -0.15) is 0 Å². The molecule has 2 fully saturated rings. The van der Waals surface area contributed by atoms with Crippen LogP contribution in [0.25, 0.3) is 0 Å². The van der Waals surface area contributed by atoms with Gasteiger partial charge in [0.1, 0.15) is 0 Å². The fourth-order valence-electron chi connectivity index (χ4n) is 4.12. The van der Waals surface area contributed by atoms with Crippen LogP contribution in [0.2, 0.25) is 0 Å². The third-order valence-electron chi connectivity index (χ3n) is 5.12. The molecule has 1 saturated carbocycles. The number of rotatable bonds is 1. The second-order valence-electron chi connectivity index (χ2n) is 6.43. The van der Waals surface area contributed by atoms with Gasteiger partial charge in [-0.15, -0.1) is 11.6 Å². The van der Waals surface area contributed by atoms with Gasteiger partial charge in [0.2, 0.25) is 0 Å². The summed E-state index contributed by atoms with van der Waals surface area (Å²) in [7, 11) is 0. The zero-order chi connectivity index (χ0) is 12.4. The number of ether oxygens (including phenoxy) is 1. The molecule has 1 aliphatic heterocycles. The van der Waals surface area contributed by atoms with E-state index in [-0.39, 0.29) is 11.0 Å². The first-order chi connectivity index (χ1) is 8.77. The van der Waals surface area contributed by atoms with Crippen LogP contribution in [0.3, 0.4) is 0 Å². The quantitative estimate of drug-likeness (QED) is 0.489. The first kappa shape index (κ1) is 13.0. The summed E-state index contributed by atoms with van der Waals surface area (Å²) in [6, 6.07) is 0. The average Bonchev–Trinajstić information content (AvgIpc) is 2.69. The first-order valence-electron chi connectivity index (χ1n) is 7.76. The van der Waals surface area contributed by atoms with E-state index >= 15 is 0 Å². The van der Waals surface area contributed by atoms with Gasteiger partial charge in [0.15, 0.2) is 0 Å². The van der Waals surface area contributed by atoms with E-state index in [4.69, 9.17) is 16.3 Å². The maximum atomic E-state index is 6.38. The summed E-state index contributed by atoms with van der Waals surface area (Å²) in [5, 5.41) is 0.282. The van der Waals surface area contributed by atoms with Gasteiger partial charge in [0, 0.05) is 6.61 Å². The van der Waals surface area contributed by atoms with Gasteiger partial charge in [-0.3, -0.25) is 0 Å². The molecule has 0 aromatic heterocycles. The molecule has 1 heterocycles. The van der Waals surface area contributed by atoms with Gasteiger partial charge < -0.3 is 4.74 Å². The Hall–Kier alpha value is -0.0100. The number of hydrogen-bond donors (Lipinski definition) is 0. The molecule has 1 spiro atoms. The summed E-state index contributed by atoms with van der Waals surface area (Å²) in [6.45, 7) is 0.967. The van der Waals surface area contributed by atoms with E-state index in [1.165, 1.54) is 64.2 Å². The van der Waals surface area contributed by atoms with E-state index in [9.17, 15) is 0 Å². The maximum absolute atomic E-state index is 6.38. The smallest absolute Gasteiger partial charge is 0.0688 e. The molecule has 2 atom stereocenters. The van der Waals surface area contributed by atoms with Gasteiger partial charge in [-0.25, -0.2) is 0 Å². The molecule has 1 saturated heterocycles. The SMILES string of the molecule is ClC1C=C(C2CCOC3(CCCC3)C2)CCCC1. The lowest BCUT2D eigenvalue weighted by molar-refractivity contribution is -0.0873. The summed E-state index contributed by atoms with van der Waals surface area (Å²) < 4.78 is 6.15. The summed E-state index contributed by atoms with van der Waals surface area (Å²) in [5.41, 5.74) is 1.90. The zero-order valence-electron chi connectivity index (χ0n) is 11.3. The number of hydrogen-bond acceptors (Lipinski definition) is 1. The van der Waals surface area contributed by atoms with Crippen molar-refractivity contribution in [2.24, 2.45) is 5.92 Å². The van der Waals surface area contributed by atoms with E-state index in [0.29, 0.717) is 0 Å². The lowest BCUT2D eigenvalue weighted by Gasteiger charge is -2.39. The lowest BCUT2D eigenvalue weighted by Crippen LogP contribution is -2.37. The van der Waals surface area contributed by atoms with Gasteiger partial charge in [-0.1, -0.05) is 30.9 Å². The van der Waals surface area contributed by atoms with E-state index in [1.807, 2.05) is 0 Å². The largest absolute Gasteiger partial charge is 0.375 e. The Bertz CT molecular complexity index is 317. The second kappa shape index (κ2) is 5.54. The molecule has 0 aromatic rings. The molecule has 3 rings (SSSR count). The van der Waals surface area contributed by atoms with E-state index in [2.05, 4.69) is 6.08 Å². The summed E-state index contributed by atoms with van der Waals surface area (Å²) >= 11 is 6.38. The minimum Gasteiger partial charge on any atom is -0.375 e. The Morgan fingerprint density at radius 3 is 2.78 bits per heavy atom. The molecule has 0 amide bonds. The standard InChI is InChI=1S/C16H25ClO/c17-15-6-2-1-5-13(11-15)14-7-10-18-16(12-14)8-3-4-9-16/h11,14-15H,1-10,12H2. The average molecular weight is 269 g/mol. The van der Waals surface area contributed by atoms with Crippen LogP contribution in [0.1, 0.15) is 64.2 Å². The molecule has 18 heavy (non-hydrogen) atoms. The molecule has 0 aromatic carbocycles. The van der Waals surface area contributed by atoms with Crippen LogP contribution in [0.4, 0.5) is 0 Å². The molecular weight excluding hydrogens is 244 g/mol. The molecule has 2 unspecified atom stereocenters. The van der Waals surface area contributed by atoms with Crippen LogP contribution in [0, 0.1) is 5.92 Å². The molecular formula is C16H25ClO. The van der Waals surface area contributed by atoms with Gasteiger partial charge in [0.05, 0.1) is 11.0 Å². The van der Waals surface area contributed by atoms with Crippen molar-refractivity contribution in [3.8, 4) is 0 Å². The van der Waals surface area contributed by atoms with E-state index in [1.54, 1.807) is 5.57 Å². The molecule has 102 valence electrons. The topological polar surface area (TPSA) is 9.23 Å². The molecule has 0 N–H and O–H groups in total. The highest BCUT2D eigenvalue weighted by Crippen LogP contribution is 2.45. The van der Waals surface area contributed by atoms with Crippen molar-refractivity contribution in [1.29, 1.82) is 0 Å². The highest BCUT2D eigenvalue weighted by molar-refractivity contribution is 6.21. The molecule has 3 aliphatic rings. The van der Waals surface area contributed by atoms with Crippen LogP contribution in [0.5, 0.6) is 0 Å². The third-order valence-corrected chi connectivity index (χ3v) is 5.47. The van der Waals surface area contributed by atoms with Crippen molar-refractivity contribution in [1.82, 2.24) is 0 Å². The summed E-state index contributed by atoms with van der Waals surface area (Å²) in [5.74, 6) is 0.760. The van der Waals surface area contributed by atoms with E-state index < -0.39 is 0 Å². The van der Waals surface area contributed by atoms with Crippen molar-refractivity contribution in [2.45, 2.75) is 75.2 Å². The molecule has 1 nitrogen and oxygen atoms in total. The van der Waals surface area contributed by atoms with Crippen LogP contribution >= 0.6 is 11.6 Å². The van der Waals surface area contributed by atoms with Crippen molar-refractivity contribution < 1.29 is 4.74 Å². The Kier molecular flexibility index (Phi) is 4.00. The minimum absolute atomic E-state index is 0.248. The highest BCUT2D eigenvalue weighted by Gasteiger charge is 2.40. The van der Waals surface area contributed by atoms with Gasteiger partial charge in [-0.05, 0) is 50.9 Å². The van der Waals surface area contributed by atoms with Gasteiger partial charge >= 0.3 is 0 Å². The predicted octanol–water partition coefficient (Wildman–Crippen LogP) is 4.83. The Balaban J connectivity index is 1.71. The normalized spacial score (nSPS) is 36.4. The Labute approximate surface area is 116 Å². The lowest BCUT2D eigenvalue weighted by atomic mass is 9.79. The summed E-state index contributed by atoms with van der Waals surface area (Å²) in [4.78, 5) is 0. The van der Waals surface area contributed by atoms with E-state index in [0.717, 1.165) is 12.5 Å². The number of alkyl halides is 1. The Morgan fingerprint density at radius 2 is 1.94 bits per heavy atom. The molecule has 0 radical (unpaired) electrons. The van der Waals surface area contributed by atoms with Crippen LogP contribution in [0.15, 0.2) is 11.6 Å². The minimum atomic E-state index is 0.248. The van der Waals surface area contributed by atoms with Gasteiger partial charge in [0.25, 0.3) is 0 Å². The molecule has 2 aliphatic carbocycles. The number of allylic oxidation sites excluding steroid dienone is 2. The van der Waals surface area contributed by atoms with Crippen LogP contribution < -0.4 is 0 Å². The fourth-order valence-corrected chi connectivity index (χ4v) is 4.44. The monoisotopic (exact) mass is 268 g/mol. The predicted molar refractivity (Wildman–Crippen MR) is 76.1 cm³/mol. The first-order valence-corrected chi connectivity index (χ1v) is 8.20. The van der Waals surface area contributed by atoms with Crippen LogP contribution in [-0.2, 0) is 4.74 Å². The van der Waals surface area contributed by atoms with Crippen molar-refractivity contribution in [3.63, 3.8) is 0 Å². The fraction of sp³-hybridized carbons (Fsp3) is 0.875. The molecule has 0 bridgehead atoms. The highest BCUT2D eigenvalue weighted by atomic mass is 35.5. The number of halogens is 1. The van der Waals surface area contributed by atoms with Crippen molar-refractivity contribution in [3.05, 3.63) is 11.6 Å². The van der Waals surface area contributed by atoms with Crippen LogP contribution in [-0.4, -0.2) is 17.6 Å². The van der Waals surface area contributed by atoms with Crippen molar-refractivity contribution in [2.75, 3.05) is 6.61 Å². The maximum Gasteiger partial charge on any atom is 0.0688 e.